The van der Waals surface area contributed by atoms with Gasteiger partial charge in [-0.3, -0.25) is 13.9 Å². The van der Waals surface area contributed by atoms with Crippen molar-refractivity contribution < 1.29 is 23.2 Å². The van der Waals surface area contributed by atoms with Gasteiger partial charge in [-0.05, 0) is 87.1 Å². The van der Waals surface area contributed by atoms with E-state index in [1.54, 1.807) is 22.5 Å². The summed E-state index contributed by atoms with van der Waals surface area (Å²) in [6, 6.07) is 19.1. The van der Waals surface area contributed by atoms with Gasteiger partial charge in [-0.15, -0.1) is 15.9 Å². The van der Waals surface area contributed by atoms with Gasteiger partial charge in [0.1, 0.15) is 28.5 Å². The number of carbonyl (C=O) groups is 1. The van der Waals surface area contributed by atoms with Gasteiger partial charge in [0.25, 0.3) is 5.91 Å². The summed E-state index contributed by atoms with van der Waals surface area (Å²) in [5.41, 5.74) is 6.01. The van der Waals surface area contributed by atoms with Gasteiger partial charge >= 0.3 is 0 Å². The lowest BCUT2D eigenvalue weighted by molar-refractivity contribution is 0.0896. The Balaban J connectivity index is 1.44. The molecule has 0 bridgehead atoms. The summed E-state index contributed by atoms with van der Waals surface area (Å²) in [7, 11) is -3.35. The third kappa shape index (κ3) is 6.14. The summed E-state index contributed by atoms with van der Waals surface area (Å²) in [4.78, 5) is 13.7. The first kappa shape index (κ1) is 32.7. The lowest BCUT2D eigenvalue weighted by atomic mass is 9.74. The molecule has 1 amide bonds. The van der Waals surface area contributed by atoms with Crippen molar-refractivity contribution in [2.24, 2.45) is 0 Å². The number of aromatic nitrogens is 4. The van der Waals surface area contributed by atoms with Crippen molar-refractivity contribution in [1.29, 1.82) is 0 Å². The van der Waals surface area contributed by atoms with E-state index < -0.39 is 16.3 Å². The predicted molar refractivity (Wildman–Crippen MR) is 182 cm³/mol. The SMILES string of the molecule is CCC1CN(Cc2cc([C@@H](c3ccc4c(nnn4CC)c3C)C(C)(C)NC(=O)c3ccon3)ccc2C)S(O)(O)c2ccccc2O1. The molecular formula is C35H42N6O5S. The van der Waals surface area contributed by atoms with E-state index in [-0.39, 0.29) is 30.2 Å². The first-order valence-corrected chi connectivity index (χ1v) is 17.4. The molecule has 0 fully saturated rings. The average Bonchev–Trinajstić information content (AvgIpc) is 3.72. The second kappa shape index (κ2) is 12.8. The third-order valence-electron chi connectivity index (χ3n) is 9.13. The average molecular weight is 659 g/mol. The van der Waals surface area contributed by atoms with E-state index in [9.17, 15) is 13.9 Å². The summed E-state index contributed by atoms with van der Waals surface area (Å²) in [5, 5.41) is 15.9. The minimum Gasteiger partial charge on any atom is -0.487 e. The van der Waals surface area contributed by atoms with Crippen LogP contribution >= 0.6 is 10.8 Å². The van der Waals surface area contributed by atoms with E-state index in [0.717, 1.165) is 38.9 Å². The zero-order valence-corrected chi connectivity index (χ0v) is 28.4. The fourth-order valence-corrected chi connectivity index (χ4v) is 8.15. The molecule has 2 aromatic heterocycles. The largest absolute Gasteiger partial charge is 0.487 e. The van der Waals surface area contributed by atoms with Crippen LogP contribution in [0.5, 0.6) is 5.75 Å². The quantitative estimate of drug-likeness (QED) is 0.151. The van der Waals surface area contributed by atoms with Crippen molar-refractivity contribution in [3.8, 4) is 5.75 Å². The van der Waals surface area contributed by atoms with E-state index in [1.807, 2.05) is 58.4 Å². The van der Waals surface area contributed by atoms with Gasteiger partial charge in [0.05, 0.1) is 12.1 Å². The van der Waals surface area contributed by atoms with Crippen LogP contribution in [0.4, 0.5) is 0 Å². The number of carbonyl (C=O) groups excluding carboxylic acids is 1. The fraction of sp³-hybridized carbons (Fsp3) is 0.371. The van der Waals surface area contributed by atoms with Crippen molar-refractivity contribution in [3.05, 3.63) is 100 Å². The summed E-state index contributed by atoms with van der Waals surface area (Å²) >= 11 is 0. The molecule has 0 spiro atoms. The van der Waals surface area contributed by atoms with Crippen LogP contribution in [-0.2, 0) is 13.1 Å². The highest BCUT2D eigenvalue weighted by atomic mass is 32.3. The number of amides is 1. The van der Waals surface area contributed by atoms with Gasteiger partial charge in [0.15, 0.2) is 5.69 Å². The van der Waals surface area contributed by atoms with E-state index in [1.165, 1.54) is 12.3 Å². The van der Waals surface area contributed by atoms with Crippen LogP contribution in [0.15, 0.2) is 76.3 Å². The Morgan fingerprint density at radius 2 is 1.89 bits per heavy atom. The molecule has 1 unspecified atom stereocenters. The molecule has 6 rings (SSSR count). The Kier molecular flexibility index (Phi) is 8.88. The highest BCUT2D eigenvalue weighted by Crippen LogP contribution is 2.57. The maximum atomic E-state index is 13.3. The minimum absolute atomic E-state index is 0.193. The number of hydrogen-bond donors (Lipinski definition) is 3. The van der Waals surface area contributed by atoms with Crippen LogP contribution in [-0.4, -0.2) is 57.7 Å². The molecule has 5 aromatic rings. The summed E-state index contributed by atoms with van der Waals surface area (Å²) in [6.07, 6.45) is 1.88. The maximum Gasteiger partial charge on any atom is 0.273 e. The smallest absolute Gasteiger partial charge is 0.273 e. The van der Waals surface area contributed by atoms with Crippen LogP contribution in [0, 0.1) is 13.8 Å². The molecule has 3 N–H and O–H groups in total. The monoisotopic (exact) mass is 658 g/mol. The number of fused-ring (bicyclic) bond motifs is 2. The zero-order valence-electron chi connectivity index (χ0n) is 27.6. The van der Waals surface area contributed by atoms with Crippen molar-refractivity contribution in [2.45, 2.75) is 83.5 Å². The van der Waals surface area contributed by atoms with Crippen LogP contribution in [0.1, 0.15) is 78.3 Å². The first-order chi connectivity index (χ1) is 22.4. The number of para-hydroxylation sites is 1. The van der Waals surface area contributed by atoms with Gasteiger partial charge in [0.2, 0.25) is 0 Å². The molecule has 0 aliphatic carbocycles. The molecule has 47 heavy (non-hydrogen) atoms. The Bertz CT molecular complexity index is 1900. The van der Waals surface area contributed by atoms with Crippen LogP contribution in [0.2, 0.25) is 0 Å². The summed E-state index contributed by atoms with van der Waals surface area (Å²) in [6.45, 7) is 13.5. The number of aryl methyl sites for hydroxylation is 3. The maximum absolute atomic E-state index is 13.3. The summed E-state index contributed by atoms with van der Waals surface area (Å²) in [5.74, 6) is -0.173. The van der Waals surface area contributed by atoms with Gasteiger partial charge < -0.3 is 14.6 Å². The topological polar surface area (TPSA) is 139 Å². The molecule has 0 radical (unpaired) electrons. The number of nitrogens with zero attached hydrogens (tertiary/aromatic N) is 5. The molecule has 12 heteroatoms. The lowest BCUT2D eigenvalue weighted by Gasteiger charge is -2.42. The first-order valence-electron chi connectivity index (χ1n) is 15.9. The summed E-state index contributed by atoms with van der Waals surface area (Å²) < 4.78 is 38.1. The second-order valence-corrected chi connectivity index (χ2v) is 14.7. The number of hydrogen-bond acceptors (Lipinski definition) is 9. The molecule has 11 nitrogen and oxygen atoms in total. The van der Waals surface area contributed by atoms with Crippen molar-refractivity contribution in [3.63, 3.8) is 0 Å². The predicted octanol–water partition coefficient (Wildman–Crippen LogP) is 7.09. The third-order valence-corrected chi connectivity index (χ3v) is 11.1. The van der Waals surface area contributed by atoms with Crippen LogP contribution in [0.3, 0.4) is 0 Å². The second-order valence-electron chi connectivity index (χ2n) is 12.7. The highest BCUT2D eigenvalue weighted by molar-refractivity contribution is 8.22. The number of benzene rings is 3. The molecule has 1 aliphatic heterocycles. The molecule has 3 aromatic carbocycles. The van der Waals surface area contributed by atoms with Crippen LogP contribution in [0.25, 0.3) is 11.0 Å². The van der Waals surface area contributed by atoms with Crippen LogP contribution < -0.4 is 10.1 Å². The van der Waals surface area contributed by atoms with E-state index in [2.05, 4.69) is 45.1 Å². The molecule has 0 saturated heterocycles. The van der Waals surface area contributed by atoms with Crippen molar-refractivity contribution >= 4 is 27.7 Å². The van der Waals surface area contributed by atoms with Gasteiger partial charge in [-0.1, -0.05) is 53.7 Å². The van der Waals surface area contributed by atoms with Gasteiger partial charge in [0, 0.05) is 30.6 Å². The molecule has 3 heterocycles. The number of nitrogens with one attached hydrogen (secondary N) is 1. The van der Waals surface area contributed by atoms with Gasteiger partial charge in [-0.2, -0.15) is 4.31 Å². The Labute approximate surface area is 276 Å². The van der Waals surface area contributed by atoms with E-state index >= 15 is 0 Å². The molecule has 0 saturated carbocycles. The Morgan fingerprint density at radius 3 is 2.62 bits per heavy atom. The molecule has 1 aliphatic rings. The molecule has 2 atom stereocenters. The number of rotatable bonds is 9. The minimum atomic E-state index is -3.35. The Hall–Kier alpha value is -4.23. The van der Waals surface area contributed by atoms with Crippen molar-refractivity contribution in [2.75, 3.05) is 6.54 Å². The zero-order chi connectivity index (χ0) is 33.5. The van der Waals surface area contributed by atoms with E-state index in [0.29, 0.717) is 30.2 Å². The van der Waals surface area contributed by atoms with E-state index in [4.69, 9.17) is 9.26 Å². The number of ether oxygens (including phenoxy) is 1. The standard InChI is InChI=1S/C35H42N6O5S/c1-7-26-21-40(47(43,44)31-12-10-9-11-30(31)46-26)20-25-19-24(14-13-22(25)3)32(35(5,6)36-34(42)28-17-18-45-38-28)27-15-16-29-33(23(27)4)37-39-41(29)8-2/h9-19,26,32,43-44H,7-8,20-21H2,1-6H3,(H,36,42)/t26?,32-/m0/s1. The lowest BCUT2D eigenvalue weighted by Crippen LogP contribution is -2.48. The normalized spacial score (nSPS) is 17.8. The Morgan fingerprint density at radius 1 is 1.11 bits per heavy atom. The highest BCUT2D eigenvalue weighted by Gasteiger charge is 2.38. The molecular weight excluding hydrogens is 616 g/mol. The fourth-order valence-electron chi connectivity index (χ4n) is 6.53. The van der Waals surface area contributed by atoms with Gasteiger partial charge in [-0.25, -0.2) is 4.68 Å². The molecule has 248 valence electrons. The van der Waals surface area contributed by atoms with Crippen molar-refractivity contribution in [1.82, 2.24) is 29.8 Å².